The van der Waals surface area contributed by atoms with Crippen molar-refractivity contribution in [1.82, 2.24) is 4.90 Å². The van der Waals surface area contributed by atoms with E-state index in [0.29, 0.717) is 32.8 Å². The SMILES string of the molecule is Cc1cc(C)c(NCC(=O)N2CCC3(CC2)OCCO3)c(C)c1. The first-order chi connectivity index (χ1) is 11.0. The molecule has 2 saturated heterocycles. The lowest BCUT2D eigenvalue weighted by molar-refractivity contribution is -0.187. The highest BCUT2D eigenvalue weighted by atomic mass is 16.7. The molecule has 2 heterocycles. The topological polar surface area (TPSA) is 50.8 Å². The van der Waals surface area contributed by atoms with Crippen LogP contribution in [0.3, 0.4) is 0 Å². The van der Waals surface area contributed by atoms with Crippen LogP contribution in [0, 0.1) is 20.8 Å². The lowest BCUT2D eigenvalue weighted by Crippen LogP contribution is -2.48. The number of hydrogen-bond donors (Lipinski definition) is 1. The molecule has 2 fully saturated rings. The minimum Gasteiger partial charge on any atom is -0.376 e. The Morgan fingerprint density at radius 2 is 1.70 bits per heavy atom. The number of nitrogens with one attached hydrogen (secondary N) is 1. The predicted molar refractivity (Wildman–Crippen MR) is 89.6 cm³/mol. The second-order valence-corrected chi connectivity index (χ2v) is 6.62. The Hall–Kier alpha value is -1.59. The smallest absolute Gasteiger partial charge is 0.241 e. The van der Waals surface area contributed by atoms with Crippen molar-refractivity contribution in [2.75, 3.05) is 38.2 Å². The molecular formula is C18H26N2O3. The second kappa shape index (κ2) is 6.49. The van der Waals surface area contributed by atoms with Crippen LogP contribution < -0.4 is 5.32 Å². The van der Waals surface area contributed by atoms with E-state index in [1.54, 1.807) is 0 Å². The van der Waals surface area contributed by atoms with E-state index < -0.39 is 5.79 Å². The number of carbonyl (C=O) groups excluding carboxylic acids is 1. The van der Waals surface area contributed by atoms with E-state index in [0.717, 1.165) is 18.5 Å². The number of amides is 1. The summed E-state index contributed by atoms with van der Waals surface area (Å²) in [7, 11) is 0. The van der Waals surface area contributed by atoms with Crippen molar-refractivity contribution in [3.8, 4) is 0 Å². The Balaban J connectivity index is 1.54. The third-order valence-corrected chi connectivity index (χ3v) is 4.78. The Kier molecular flexibility index (Phi) is 4.60. The first-order valence-corrected chi connectivity index (χ1v) is 8.36. The molecular weight excluding hydrogens is 292 g/mol. The first-order valence-electron chi connectivity index (χ1n) is 8.36. The van der Waals surface area contributed by atoms with Gasteiger partial charge >= 0.3 is 0 Å². The molecule has 0 radical (unpaired) electrons. The highest BCUT2D eigenvalue weighted by Crippen LogP contribution is 2.31. The largest absolute Gasteiger partial charge is 0.376 e. The lowest BCUT2D eigenvalue weighted by atomic mass is 10.0. The summed E-state index contributed by atoms with van der Waals surface area (Å²) in [4.78, 5) is 14.4. The molecule has 2 aliphatic heterocycles. The molecule has 1 aromatic rings. The van der Waals surface area contributed by atoms with Gasteiger partial charge in [0.05, 0.1) is 19.8 Å². The van der Waals surface area contributed by atoms with Gasteiger partial charge in [-0.2, -0.15) is 0 Å². The van der Waals surface area contributed by atoms with Gasteiger partial charge in [0, 0.05) is 31.6 Å². The van der Waals surface area contributed by atoms with Crippen molar-refractivity contribution in [2.45, 2.75) is 39.4 Å². The van der Waals surface area contributed by atoms with E-state index in [4.69, 9.17) is 9.47 Å². The van der Waals surface area contributed by atoms with Crippen molar-refractivity contribution < 1.29 is 14.3 Å². The fourth-order valence-electron chi connectivity index (χ4n) is 3.62. The maximum Gasteiger partial charge on any atom is 0.241 e. The van der Waals surface area contributed by atoms with E-state index in [1.807, 2.05) is 4.90 Å². The van der Waals surface area contributed by atoms with E-state index in [1.165, 1.54) is 16.7 Å². The summed E-state index contributed by atoms with van der Waals surface area (Å²) in [6.45, 7) is 9.31. The van der Waals surface area contributed by atoms with Gasteiger partial charge in [-0.1, -0.05) is 17.7 Å². The summed E-state index contributed by atoms with van der Waals surface area (Å²) >= 11 is 0. The number of anilines is 1. The predicted octanol–water partition coefficient (Wildman–Crippen LogP) is 2.39. The molecule has 5 heteroatoms. The van der Waals surface area contributed by atoms with Crippen LogP contribution in [0.25, 0.3) is 0 Å². The van der Waals surface area contributed by atoms with Crippen LogP contribution in [-0.4, -0.2) is 49.4 Å². The molecule has 0 bridgehead atoms. The zero-order valence-corrected chi connectivity index (χ0v) is 14.3. The molecule has 23 heavy (non-hydrogen) atoms. The normalized spacial score (nSPS) is 20.0. The van der Waals surface area contributed by atoms with Gasteiger partial charge < -0.3 is 19.7 Å². The standard InChI is InChI=1S/C18H26N2O3/c1-13-10-14(2)17(15(3)11-13)19-12-16(21)20-6-4-18(5-7-20)22-8-9-23-18/h10-11,19H,4-9,12H2,1-3H3. The van der Waals surface area contributed by atoms with Crippen LogP contribution in [0.1, 0.15) is 29.5 Å². The number of aryl methyl sites for hydroxylation is 3. The summed E-state index contributed by atoms with van der Waals surface area (Å²) < 4.78 is 11.4. The van der Waals surface area contributed by atoms with E-state index in [2.05, 4.69) is 38.2 Å². The van der Waals surface area contributed by atoms with Crippen LogP contribution in [0.2, 0.25) is 0 Å². The van der Waals surface area contributed by atoms with Crippen LogP contribution in [0.4, 0.5) is 5.69 Å². The van der Waals surface area contributed by atoms with Crippen molar-refractivity contribution in [2.24, 2.45) is 0 Å². The minimum atomic E-state index is -0.422. The number of likely N-dealkylation sites (tertiary alicyclic amines) is 1. The molecule has 2 aliphatic rings. The molecule has 126 valence electrons. The molecule has 5 nitrogen and oxygen atoms in total. The molecule has 1 amide bonds. The van der Waals surface area contributed by atoms with E-state index in [9.17, 15) is 4.79 Å². The van der Waals surface area contributed by atoms with Crippen LogP contribution in [0.5, 0.6) is 0 Å². The Morgan fingerprint density at radius 1 is 1.13 bits per heavy atom. The Bertz CT molecular complexity index is 561. The first kappa shape index (κ1) is 16.3. The summed E-state index contributed by atoms with van der Waals surface area (Å²) in [5.74, 6) is -0.286. The van der Waals surface area contributed by atoms with Gasteiger partial charge in [0.2, 0.25) is 5.91 Å². The molecule has 1 aromatic carbocycles. The zero-order valence-electron chi connectivity index (χ0n) is 14.3. The number of ether oxygens (including phenoxy) is 2. The van der Waals surface area contributed by atoms with Gasteiger partial charge in [0.25, 0.3) is 0 Å². The lowest BCUT2D eigenvalue weighted by Gasteiger charge is -2.37. The highest BCUT2D eigenvalue weighted by Gasteiger charge is 2.40. The second-order valence-electron chi connectivity index (χ2n) is 6.62. The molecule has 1 spiro atoms. The van der Waals surface area contributed by atoms with Crippen molar-refractivity contribution in [1.29, 1.82) is 0 Å². The zero-order chi connectivity index (χ0) is 16.4. The third-order valence-electron chi connectivity index (χ3n) is 4.78. The van der Waals surface area contributed by atoms with Gasteiger partial charge in [-0.3, -0.25) is 4.79 Å². The number of piperidine rings is 1. The summed E-state index contributed by atoms with van der Waals surface area (Å²) in [6.07, 6.45) is 1.53. The number of hydrogen-bond acceptors (Lipinski definition) is 4. The molecule has 0 unspecified atom stereocenters. The average molecular weight is 318 g/mol. The number of benzene rings is 1. The van der Waals surface area contributed by atoms with Gasteiger partial charge in [-0.25, -0.2) is 0 Å². The maximum absolute atomic E-state index is 12.4. The summed E-state index contributed by atoms with van der Waals surface area (Å²) in [5, 5.41) is 3.31. The van der Waals surface area contributed by atoms with E-state index in [-0.39, 0.29) is 5.91 Å². The number of rotatable bonds is 3. The third kappa shape index (κ3) is 3.51. The molecule has 0 aromatic heterocycles. The molecule has 0 saturated carbocycles. The number of carbonyl (C=O) groups is 1. The molecule has 3 rings (SSSR count). The fraction of sp³-hybridized carbons (Fsp3) is 0.611. The number of nitrogens with zero attached hydrogens (tertiary/aromatic N) is 1. The van der Waals surface area contributed by atoms with Crippen molar-refractivity contribution in [3.05, 3.63) is 28.8 Å². The van der Waals surface area contributed by atoms with Gasteiger partial charge in [0.15, 0.2) is 5.79 Å². The van der Waals surface area contributed by atoms with Gasteiger partial charge in [0.1, 0.15) is 0 Å². The van der Waals surface area contributed by atoms with Crippen molar-refractivity contribution in [3.63, 3.8) is 0 Å². The van der Waals surface area contributed by atoms with Gasteiger partial charge in [-0.15, -0.1) is 0 Å². The van der Waals surface area contributed by atoms with Crippen LogP contribution >= 0.6 is 0 Å². The maximum atomic E-state index is 12.4. The van der Waals surface area contributed by atoms with Crippen LogP contribution in [-0.2, 0) is 14.3 Å². The van der Waals surface area contributed by atoms with E-state index >= 15 is 0 Å². The van der Waals surface area contributed by atoms with Crippen molar-refractivity contribution >= 4 is 11.6 Å². The summed E-state index contributed by atoms with van der Waals surface area (Å²) in [6, 6.07) is 4.28. The Morgan fingerprint density at radius 3 is 2.26 bits per heavy atom. The fourth-order valence-corrected chi connectivity index (χ4v) is 3.62. The average Bonchev–Trinajstić information content (AvgIpc) is 2.95. The monoisotopic (exact) mass is 318 g/mol. The van der Waals surface area contributed by atoms with Gasteiger partial charge in [-0.05, 0) is 31.9 Å². The quantitative estimate of drug-likeness (QED) is 0.930. The Labute approximate surface area is 137 Å². The molecule has 1 N–H and O–H groups in total. The van der Waals surface area contributed by atoms with Crippen LogP contribution in [0.15, 0.2) is 12.1 Å². The summed E-state index contributed by atoms with van der Waals surface area (Å²) in [5.41, 5.74) is 4.68. The molecule has 0 atom stereocenters. The minimum absolute atomic E-state index is 0.136. The molecule has 0 aliphatic carbocycles. The highest BCUT2D eigenvalue weighted by molar-refractivity contribution is 5.81.